The molecule has 5 rings (SSSR count). The fourth-order valence-corrected chi connectivity index (χ4v) is 8.97. The van der Waals surface area contributed by atoms with E-state index in [9.17, 15) is 29.4 Å². The molecule has 2 amide bonds. The van der Waals surface area contributed by atoms with E-state index in [0.717, 1.165) is 44.1 Å². The lowest BCUT2D eigenvalue weighted by Gasteiger charge is -2.58. The minimum absolute atomic E-state index is 0.00634. The van der Waals surface area contributed by atoms with E-state index in [1.54, 1.807) is 26.1 Å². The van der Waals surface area contributed by atoms with Gasteiger partial charge in [0.1, 0.15) is 13.2 Å². The summed E-state index contributed by atoms with van der Waals surface area (Å²) in [6.07, 6.45) is 14.9. The molecule has 0 spiro atoms. The Labute approximate surface area is 250 Å². The molecular weight excluding hydrogens is 536 g/mol. The third-order valence-corrected chi connectivity index (χ3v) is 11.0. The number of carbonyl (C=O) groups excluding carboxylic acids is 4. The monoisotopic (exact) mass is 586 g/mol. The number of aliphatic hydroxyl groups is 2. The first-order valence-corrected chi connectivity index (χ1v) is 15.9. The SMILES string of the molecule is CCOC(=O)CN(C)C(=O)NC1CCCCC1.C[C@]12C[C@H](O)C3[C@@H](CCC4=CC(=O)C=C[C@@]43C)C1CCC2C(=O)CO. The van der Waals surface area contributed by atoms with E-state index in [2.05, 4.69) is 19.2 Å². The summed E-state index contributed by atoms with van der Waals surface area (Å²) < 4.78 is 4.79. The normalized spacial score (nSPS) is 35.4. The molecule has 3 N–H and O–H groups in total. The maximum Gasteiger partial charge on any atom is 0.325 e. The van der Waals surface area contributed by atoms with Crippen LogP contribution in [0.15, 0.2) is 23.8 Å². The van der Waals surface area contributed by atoms with Gasteiger partial charge in [0, 0.05) is 30.3 Å². The van der Waals surface area contributed by atoms with Gasteiger partial charge in [-0.05, 0) is 81.3 Å². The Hall–Kier alpha value is -2.52. The number of nitrogens with one attached hydrogen (secondary N) is 1. The number of allylic oxidation sites excluding steroid dienone is 4. The van der Waals surface area contributed by atoms with Gasteiger partial charge in [-0.15, -0.1) is 0 Å². The zero-order valence-corrected chi connectivity index (χ0v) is 25.8. The fourth-order valence-electron chi connectivity index (χ4n) is 8.97. The summed E-state index contributed by atoms with van der Waals surface area (Å²) in [6.45, 7) is 6.02. The highest BCUT2D eigenvalue weighted by molar-refractivity contribution is 6.01. The maximum absolute atomic E-state index is 12.3. The van der Waals surface area contributed by atoms with Crippen molar-refractivity contribution in [2.75, 3.05) is 26.8 Å². The van der Waals surface area contributed by atoms with E-state index in [0.29, 0.717) is 24.9 Å². The Balaban J connectivity index is 0.000000209. The van der Waals surface area contributed by atoms with Crippen LogP contribution < -0.4 is 5.32 Å². The molecule has 0 aromatic rings. The number of likely N-dealkylation sites (N-methyl/N-ethyl adjacent to an activating group) is 1. The second-order valence-corrected chi connectivity index (χ2v) is 13.5. The Bertz CT molecular complexity index is 1100. The molecule has 5 aliphatic rings. The number of esters is 1. The van der Waals surface area contributed by atoms with Crippen LogP contribution in [0, 0.1) is 34.5 Å². The quantitative estimate of drug-likeness (QED) is 0.401. The number of rotatable bonds is 6. The molecule has 234 valence electrons. The highest BCUT2D eigenvalue weighted by atomic mass is 16.5. The molecule has 0 bridgehead atoms. The number of carbonyl (C=O) groups is 4. The lowest BCUT2D eigenvalue weighted by atomic mass is 9.46. The molecule has 9 nitrogen and oxygen atoms in total. The molecule has 0 saturated heterocycles. The van der Waals surface area contributed by atoms with Gasteiger partial charge in [0.15, 0.2) is 11.6 Å². The first-order valence-electron chi connectivity index (χ1n) is 15.9. The lowest BCUT2D eigenvalue weighted by Crippen LogP contribution is -2.56. The zero-order valence-electron chi connectivity index (χ0n) is 25.8. The van der Waals surface area contributed by atoms with Crippen LogP contribution in [0.5, 0.6) is 0 Å². The highest BCUT2D eigenvalue weighted by Gasteiger charge is 2.62. The number of aliphatic hydroxyl groups excluding tert-OH is 2. The summed E-state index contributed by atoms with van der Waals surface area (Å²) >= 11 is 0. The molecule has 0 aromatic heterocycles. The van der Waals surface area contributed by atoms with Crippen LogP contribution in [0.25, 0.3) is 0 Å². The van der Waals surface area contributed by atoms with Gasteiger partial charge in [-0.1, -0.05) is 44.8 Å². The van der Waals surface area contributed by atoms with Gasteiger partial charge < -0.3 is 25.2 Å². The molecule has 0 aliphatic heterocycles. The molecular formula is C33H50N2O7. The Kier molecular flexibility index (Phi) is 10.3. The van der Waals surface area contributed by atoms with E-state index in [-0.39, 0.29) is 58.8 Å². The summed E-state index contributed by atoms with van der Waals surface area (Å²) in [5, 5.41) is 23.4. The molecule has 3 unspecified atom stereocenters. The van der Waals surface area contributed by atoms with Crippen molar-refractivity contribution in [2.24, 2.45) is 34.5 Å². The van der Waals surface area contributed by atoms with Crippen LogP contribution in [0.2, 0.25) is 0 Å². The van der Waals surface area contributed by atoms with Crippen molar-refractivity contribution in [1.82, 2.24) is 10.2 Å². The third kappa shape index (κ3) is 6.52. The van der Waals surface area contributed by atoms with E-state index in [1.807, 2.05) is 6.08 Å². The number of amides is 2. The summed E-state index contributed by atoms with van der Waals surface area (Å²) in [6, 6.07) is 0.0749. The number of hydrogen-bond donors (Lipinski definition) is 3. The first-order chi connectivity index (χ1) is 19.9. The zero-order chi connectivity index (χ0) is 30.7. The standard InChI is InChI=1S/C21H28O4.C12H22N2O3/c1-20-8-7-13(23)9-12(20)3-4-14-15-5-6-16(18(25)11-22)21(15,2)10-17(24)19(14)20;1-3-17-11(15)9-14(2)12(16)13-10-7-5-4-6-8-10/h7-9,14-17,19,22,24H,3-6,10-11H2,1-2H3;10H,3-9H2,1-2H3,(H,13,16)/t14-,15?,16?,17-,19?,20-,21-;/m0./s1. The smallest absolute Gasteiger partial charge is 0.325 e. The largest absolute Gasteiger partial charge is 0.465 e. The molecule has 0 heterocycles. The lowest BCUT2D eigenvalue weighted by molar-refractivity contribution is -0.143. The van der Waals surface area contributed by atoms with E-state index >= 15 is 0 Å². The summed E-state index contributed by atoms with van der Waals surface area (Å²) in [5.41, 5.74) is 0.688. The predicted octanol–water partition coefficient (Wildman–Crippen LogP) is 3.97. The molecule has 5 aliphatic carbocycles. The van der Waals surface area contributed by atoms with Gasteiger partial charge in [-0.3, -0.25) is 14.4 Å². The Morgan fingerprint density at radius 2 is 1.81 bits per heavy atom. The van der Waals surface area contributed by atoms with Gasteiger partial charge in [0.25, 0.3) is 0 Å². The van der Waals surface area contributed by atoms with Crippen molar-refractivity contribution in [3.8, 4) is 0 Å². The average molecular weight is 587 g/mol. The highest BCUT2D eigenvalue weighted by Crippen LogP contribution is 2.66. The van der Waals surface area contributed by atoms with Crippen molar-refractivity contribution in [3.63, 3.8) is 0 Å². The minimum Gasteiger partial charge on any atom is -0.465 e. The molecule has 0 aromatic carbocycles. The van der Waals surface area contributed by atoms with Crippen LogP contribution in [0.4, 0.5) is 4.79 Å². The fraction of sp³-hybridized carbons (Fsp3) is 0.758. The van der Waals surface area contributed by atoms with E-state index in [4.69, 9.17) is 4.74 Å². The summed E-state index contributed by atoms with van der Waals surface area (Å²) in [5.74, 6) is 0.367. The number of Topliss-reactive ketones (excluding diaryl/α,β-unsaturated/α-hetero) is 1. The van der Waals surface area contributed by atoms with Crippen LogP contribution in [0.1, 0.15) is 85.0 Å². The minimum atomic E-state index is -0.482. The third-order valence-electron chi connectivity index (χ3n) is 11.0. The number of nitrogens with zero attached hydrogens (tertiary/aromatic N) is 1. The number of ether oxygens (including phenoxy) is 1. The number of fused-ring (bicyclic) bond motifs is 5. The van der Waals surface area contributed by atoms with Crippen molar-refractivity contribution >= 4 is 23.6 Å². The van der Waals surface area contributed by atoms with Gasteiger partial charge >= 0.3 is 12.0 Å². The van der Waals surface area contributed by atoms with E-state index < -0.39 is 12.7 Å². The van der Waals surface area contributed by atoms with Crippen LogP contribution >= 0.6 is 0 Å². The van der Waals surface area contributed by atoms with Gasteiger partial charge in [-0.25, -0.2) is 4.79 Å². The second kappa shape index (κ2) is 13.4. The van der Waals surface area contributed by atoms with Gasteiger partial charge in [0.05, 0.1) is 12.7 Å². The Morgan fingerprint density at radius 3 is 2.48 bits per heavy atom. The van der Waals surface area contributed by atoms with Crippen molar-refractivity contribution in [3.05, 3.63) is 23.8 Å². The Morgan fingerprint density at radius 1 is 1.10 bits per heavy atom. The molecule has 7 atom stereocenters. The number of ketones is 2. The molecule has 42 heavy (non-hydrogen) atoms. The van der Waals surface area contributed by atoms with Gasteiger partial charge in [-0.2, -0.15) is 0 Å². The molecule has 0 radical (unpaired) electrons. The van der Waals surface area contributed by atoms with E-state index in [1.165, 1.54) is 24.2 Å². The number of urea groups is 1. The molecule has 4 fully saturated rings. The van der Waals surface area contributed by atoms with Crippen LogP contribution in [0.3, 0.4) is 0 Å². The average Bonchev–Trinajstić information content (AvgIpc) is 3.30. The van der Waals surface area contributed by atoms with Crippen molar-refractivity contribution in [1.29, 1.82) is 0 Å². The summed E-state index contributed by atoms with van der Waals surface area (Å²) in [4.78, 5) is 48.4. The van der Waals surface area contributed by atoms with Gasteiger partial charge in [0.2, 0.25) is 0 Å². The topological polar surface area (TPSA) is 133 Å². The van der Waals surface area contributed by atoms with Crippen LogP contribution in [-0.2, 0) is 19.1 Å². The van der Waals surface area contributed by atoms with Crippen molar-refractivity contribution < 1.29 is 34.1 Å². The maximum atomic E-state index is 12.3. The summed E-state index contributed by atoms with van der Waals surface area (Å²) in [7, 11) is 1.61. The van der Waals surface area contributed by atoms with Crippen molar-refractivity contribution in [2.45, 2.75) is 97.1 Å². The first kappa shape index (κ1) is 32.4. The molecule has 9 heteroatoms. The molecule has 4 saturated carbocycles. The van der Waals surface area contributed by atoms with Crippen LogP contribution in [-0.4, -0.2) is 77.6 Å². The second-order valence-electron chi connectivity index (χ2n) is 13.5. The predicted molar refractivity (Wildman–Crippen MR) is 158 cm³/mol. The number of hydrogen-bond acceptors (Lipinski definition) is 7.